The Morgan fingerprint density at radius 2 is 1.71 bits per heavy atom. The van der Waals surface area contributed by atoms with E-state index in [0.29, 0.717) is 5.75 Å². The fourth-order valence-electron chi connectivity index (χ4n) is 4.43. The number of carboxylic acids is 1. The van der Waals surface area contributed by atoms with Crippen LogP contribution >= 0.6 is 11.8 Å². The van der Waals surface area contributed by atoms with Gasteiger partial charge in [0, 0.05) is 23.6 Å². The highest BCUT2D eigenvalue weighted by molar-refractivity contribution is 8.00. The number of thioether (sulfide) groups is 1. The SMILES string of the molecule is CN(Cc1ccc(-c2ccc(S(=O)(=O)N3CCSC(C)(C)C3C(=O)O)cc2)cc1)Cc1ccco1. The largest absolute Gasteiger partial charge is 0.480 e. The molecule has 1 saturated heterocycles. The van der Waals surface area contributed by atoms with Gasteiger partial charge in [-0.3, -0.25) is 9.69 Å². The van der Waals surface area contributed by atoms with Gasteiger partial charge in [-0.05, 0) is 61.9 Å². The third-order valence-electron chi connectivity index (χ3n) is 6.17. The molecule has 35 heavy (non-hydrogen) atoms. The lowest BCUT2D eigenvalue weighted by molar-refractivity contribution is -0.142. The van der Waals surface area contributed by atoms with E-state index in [2.05, 4.69) is 17.0 Å². The molecule has 1 unspecified atom stereocenters. The number of carboxylic acid groups (broad SMARTS) is 1. The highest BCUT2D eigenvalue weighted by Crippen LogP contribution is 2.38. The summed E-state index contributed by atoms with van der Waals surface area (Å²) < 4.78 is 32.5. The van der Waals surface area contributed by atoms with Crippen LogP contribution in [0.15, 0.2) is 76.2 Å². The van der Waals surface area contributed by atoms with Crippen LogP contribution in [0.4, 0.5) is 0 Å². The minimum atomic E-state index is -3.94. The zero-order chi connectivity index (χ0) is 25.2. The molecule has 4 rings (SSSR count). The number of sulfonamides is 1. The van der Waals surface area contributed by atoms with Gasteiger partial charge in [-0.15, -0.1) is 0 Å². The van der Waals surface area contributed by atoms with Crippen LogP contribution in [0, 0.1) is 0 Å². The molecule has 1 atom stereocenters. The topological polar surface area (TPSA) is 91.1 Å². The Morgan fingerprint density at radius 1 is 1.09 bits per heavy atom. The van der Waals surface area contributed by atoms with E-state index in [-0.39, 0.29) is 11.4 Å². The molecule has 1 aromatic heterocycles. The molecule has 0 spiro atoms. The third-order valence-corrected chi connectivity index (χ3v) is 9.41. The molecular weight excluding hydrogens is 484 g/mol. The number of furan rings is 1. The number of hydrogen-bond acceptors (Lipinski definition) is 6. The van der Waals surface area contributed by atoms with Crippen LogP contribution in [-0.2, 0) is 27.9 Å². The van der Waals surface area contributed by atoms with Crippen molar-refractivity contribution in [2.24, 2.45) is 0 Å². The van der Waals surface area contributed by atoms with Crippen molar-refractivity contribution in [2.45, 2.75) is 42.6 Å². The van der Waals surface area contributed by atoms with E-state index in [0.717, 1.165) is 39.8 Å². The average Bonchev–Trinajstić information content (AvgIpc) is 3.31. The second kappa shape index (κ2) is 10.2. The molecule has 1 fully saturated rings. The standard InChI is InChI=1S/C26H30N2O5S2/c1-26(2)24(25(29)30)28(14-16-34-26)35(31,32)23-12-10-21(11-13-23)20-8-6-19(7-9-20)17-27(3)18-22-5-4-15-33-22/h4-13,15,24H,14,16-18H2,1-3H3,(H,29,30). The number of benzene rings is 2. The van der Waals surface area contributed by atoms with E-state index in [1.807, 2.05) is 31.3 Å². The van der Waals surface area contributed by atoms with E-state index in [4.69, 9.17) is 4.42 Å². The lowest BCUT2D eigenvalue weighted by atomic mass is 10.0. The zero-order valence-electron chi connectivity index (χ0n) is 20.0. The summed E-state index contributed by atoms with van der Waals surface area (Å²) in [6, 6.07) is 17.5. The first kappa shape index (κ1) is 25.5. The van der Waals surface area contributed by atoms with E-state index < -0.39 is 26.8 Å². The summed E-state index contributed by atoms with van der Waals surface area (Å²) in [5, 5.41) is 9.76. The van der Waals surface area contributed by atoms with Crippen LogP contribution in [0.25, 0.3) is 11.1 Å². The lowest BCUT2D eigenvalue weighted by Gasteiger charge is -2.42. The molecule has 186 valence electrons. The van der Waals surface area contributed by atoms with Gasteiger partial charge >= 0.3 is 5.97 Å². The zero-order valence-corrected chi connectivity index (χ0v) is 21.7. The van der Waals surface area contributed by atoms with Crippen LogP contribution in [0.5, 0.6) is 0 Å². The molecule has 1 aliphatic heterocycles. The predicted octanol–water partition coefficient (Wildman–Crippen LogP) is 4.55. The molecular formula is C26H30N2O5S2. The number of aliphatic carboxylic acids is 1. The van der Waals surface area contributed by atoms with Gasteiger partial charge in [0.1, 0.15) is 11.8 Å². The molecule has 1 aliphatic rings. The first-order chi connectivity index (χ1) is 16.6. The van der Waals surface area contributed by atoms with Crippen LogP contribution in [0.1, 0.15) is 25.2 Å². The Bertz CT molecular complexity index is 1250. The Labute approximate surface area is 210 Å². The fourth-order valence-corrected chi connectivity index (χ4v) is 7.52. The van der Waals surface area contributed by atoms with E-state index in [1.165, 1.54) is 11.8 Å². The average molecular weight is 515 g/mol. The van der Waals surface area contributed by atoms with Crippen molar-refractivity contribution in [1.82, 2.24) is 9.21 Å². The van der Waals surface area contributed by atoms with Crippen LogP contribution in [0.3, 0.4) is 0 Å². The Hall–Kier alpha value is -2.59. The molecule has 2 aromatic carbocycles. The monoisotopic (exact) mass is 514 g/mol. The van der Waals surface area contributed by atoms with E-state index in [1.54, 1.807) is 44.4 Å². The number of hydrogen-bond donors (Lipinski definition) is 1. The van der Waals surface area contributed by atoms with Gasteiger partial charge < -0.3 is 9.52 Å². The molecule has 0 saturated carbocycles. The van der Waals surface area contributed by atoms with Crippen molar-refractivity contribution in [3.05, 3.63) is 78.3 Å². The van der Waals surface area contributed by atoms with Gasteiger partial charge in [0.25, 0.3) is 0 Å². The molecule has 0 amide bonds. The summed E-state index contributed by atoms with van der Waals surface area (Å²) in [5.41, 5.74) is 3.03. The molecule has 9 heteroatoms. The van der Waals surface area contributed by atoms with Crippen molar-refractivity contribution >= 4 is 27.8 Å². The smallest absolute Gasteiger partial charge is 0.323 e. The van der Waals surface area contributed by atoms with Crippen molar-refractivity contribution < 1.29 is 22.7 Å². The minimum Gasteiger partial charge on any atom is -0.480 e. The first-order valence-electron chi connectivity index (χ1n) is 11.4. The van der Waals surface area contributed by atoms with Gasteiger partial charge in [0.2, 0.25) is 10.0 Å². The lowest BCUT2D eigenvalue weighted by Crippen LogP contribution is -2.58. The summed E-state index contributed by atoms with van der Waals surface area (Å²) in [6.45, 7) is 5.22. The van der Waals surface area contributed by atoms with Crippen LogP contribution in [-0.4, -0.2) is 58.8 Å². The quantitative estimate of drug-likeness (QED) is 0.472. The van der Waals surface area contributed by atoms with Gasteiger partial charge in [0.15, 0.2) is 0 Å². The van der Waals surface area contributed by atoms with Gasteiger partial charge in [0.05, 0.1) is 17.7 Å². The van der Waals surface area contributed by atoms with Gasteiger partial charge in [-0.1, -0.05) is 36.4 Å². The predicted molar refractivity (Wildman–Crippen MR) is 138 cm³/mol. The maximum atomic E-state index is 13.3. The Balaban J connectivity index is 1.48. The van der Waals surface area contributed by atoms with Gasteiger partial charge in [-0.25, -0.2) is 8.42 Å². The normalized spacial score (nSPS) is 18.6. The summed E-state index contributed by atoms with van der Waals surface area (Å²) in [5.74, 6) is 0.343. The third kappa shape index (κ3) is 5.64. The molecule has 0 bridgehead atoms. The van der Waals surface area contributed by atoms with Crippen LogP contribution in [0.2, 0.25) is 0 Å². The number of nitrogens with zero attached hydrogens (tertiary/aromatic N) is 2. The maximum absolute atomic E-state index is 13.3. The van der Waals surface area contributed by atoms with Crippen molar-refractivity contribution in [2.75, 3.05) is 19.3 Å². The second-order valence-corrected chi connectivity index (χ2v) is 12.9. The summed E-state index contributed by atoms with van der Waals surface area (Å²) in [7, 11) is -1.91. The molecule has 2 heterocycles. The van der Waals surface area contributed by atoms with Crippen LogP contribution < -0.4 is 0 Å². The first-order valence-corrected chi connectivity index (χ1v) is 13.8. The molecule has 0 radical (unpaired) electrons. The fraction of sp³-hybridized carbons (Fsp3) is 0.346. The van der Waals surface area contributed by atoms with Crippen molar-refractivity contribution in [1.29, 1.82) is 0 Å². The molecule has 7 nitrogen and oxygen atoms in total. The summed E-state index contributed by atoms with van der Waals surface area (Å²) >= 11 is 1.48. The van der Waals surface area contributed by atoms with E-state index >= 15 is 0 Å². The molecule has 1 N–H and O–H groups in total. The van der Waals surface area contributed by atoms with Gasteiger partial charge in [-0.2, -0.15) is 16.1 Å². The summed E-state index contributed by atoms with van der Waals surface area (Å²) in [4.78, 5) is 14.2. The number of rotatable bonds is 8. The summed E-state index contributed by atoms with van der Waals surface area (Å²) in [6.07, 6.45) is 1.67. The molecule has 0 aliphatic carbocycles. The Kier molecular flexibility index (Phi) is 7.42. The molecule has 3 aromatic rings. The minimum absolute atomic E-state index is 0.103. The second-order valence-electron chi connectivity index (χ2n) is 9.28. The van der Waals surface area contributed by atoms with Crippen molar-refractivity contribution in [3.8, 4) is 11.1 Å². The number of carbonyl (C=O) groups is 1. The van der Waals surface area contributed by atoms with Crippen molar-refractivity contribution in [3.63, 3.8) is 0 Å². The highest BCUT2D eigenvalue weighted by Gasteiger charge is 2.48. The Morgan fingerprint density at radius 3 is 2.29 bits per heavy atom. The highest BCUT2D eigenvalue weighted by atomic mass is 32.2. The maximum Gasteiger partial charge on any atom is 0.323 e. The van der Waals surface area contributed by atoms with E-state index in [9.17, 15) is 18.3 Å².